The van der Waals surface area contributed by atoms with Gasteiger partial charge in [-0.25, -0.2) is 4.98 Å². The average molecular weight is 344 g/mol. The van der Waals surface area contributed by atoms with Gasteiger partial charge in [-0.1, -0.05) is 6.07 Å². The highest BCUT2D eigenvalue weighted by molar-refractivity contribution is 6.05. The van der Waals surface area contributed by atoms with Gasteiger partial charge in [-0.2, -0.15) is 0 Å². The summed E-state index contributed by atoms with van der Waals surface area (Å²) < 4.78 is 7.43. The lowest BCUT2D eigenvalue weighted by Crippen LogP contribution is -2.33. The Bertz CT molecular complexity index is 820. The topological polar surface area (TPSA) is 76.5 Å². The molecule has 1 amide bonds. The van der Waals surface area contributed by atoms with Gasteiger partial charge >= 0.3 is 5.97 Å². The number of amides is 1. The summed E-state index contributed by atoms with van der Waals surface area (Å²) in [5.41, 5.74) is 1.81. The summed E-state index contributed by atoms with van der Waals surface area (Å²) in [4.78, 5) is 30.7. The van der Waals surface area contributed by atoms with Gasteiger partial charge in [0.15, 0.2) is 0 Å². The van der Waals surface area contributed by atoms with Crippen LogP contribution in [-0.2, 0) is 22.6 Å². The maximum Gasteiger partial charge on any atom is 0.320 e. The van der Waals surface area contributed by atoms with Crippen LogP contribution >= 0.6 is 0 Å². The Kier molecular flexibility index (Phi) is 4.51. The van der Waals surface area contributed by atoms with Gasteiger partial charge in [-0.3, -0.25) is 14.5 Å². The van der Waals surface area contributed by atoms with E-state index in [1.807, 2.05) is 50.9 Å². The fraction of sp³-hybridized carbons (Fsp3) is 0.500. The van der Waals surface area contributed by atoms with E-state index in [-0.39, 0.29) is 18.4 Å². The van der Waals surface area contributed by atoms with Gasteiger partial charge in [0.1, 0.15) is 11.4 Å². The van der Waals surface area contributed by atoms with Crippen LogP contribution in [0.15, 0.2) is 18.2 Å². The highest BCUT2D eigenvalue weighted by atomic mass is 16.6. The number of nitrogens with one attached hydrogen (secondary N) is 1. The van der Waals surface area contributed by atoms with Crippen LogP contribution in [0.4, 0.5) is 0 Å². The minimum Gasteiger partial charge on any atom is -0.459 e. The van der Waals surface area contributed by atoms with Gasteiger partial charge in [0, 0.05) is 13.1 Å². The number of imidazole rings is 1. The van der Waals surface area contributed by atoms with Gasteiger partial charge in [0.25, 0.3) is 5.91 Å². The van der Waals surface area contributed by atoms with Crippen LogP contribution in [0.25, 0.3) is 11.0 Å². The number of esters is 1. The van der Waals surface area contributed by atoms with E-state index in [0.29, 0.717) is 25.2 Å². The summed E-state index contributed by atoms with van der Waals surface area (Å²) in [5, 5.41) is 2.90. The predicted molar refractivity (Wildman–Crippen MR) is 94.2 cm³/mol. The first kappa shape index (κ1) is 17.4. The highest BCUT2D eigenvalue weighted by Crippen LogP contribution is 2.23. The summed E-state index contributed by atoms with van der Waals surface area (Å²) in [6, 6.07) is 5.56. The molecule has 25 heavy (non-hydrogen) atoms. The molecule has 0 saturated carbocycles. The molecule has 1 aliphatic rings. The maximum absolute atomic E-state index is 12.2. The van der Waals surface area contributed by atoms with Crippen molar-refractivity contribution >= 4 is 22.9 Å². The number of likely N-dealkylation sites (N-methyl/N-ethyl adjacent to an activating group) is 1. The molecule has 3 rings (SSSR count). The number of hydrogen-bond donors (Lipinski definition) is 1. The standard InChI is InChI=1S/C18H24N4O3/c1-18(2,3)25-15(23)11-21(4)10-14-20-13-7-5-6-12-16(13)22(14)9-8-19-17(12)24/h5-7H,8-11H2,1-4H3,(H,19,24). The van der Waals surface area contributed by atoms with Crippen molar-refractivity contribution in [1.82, 2.24) is 19.8 Å². The number of aromatic nitrogens is 2. The third-order valence-electron chi connectivity index (χ3n) is 3.94. The van der Waals surface area contributed by atoms with Crippen molar-refractivity contribution in [3.05, 3.63) is 29.6 Å². The van der Waals surface area contributed by atoms with E-state index >= 15 is 0 Å². The fourth-order valence-corrected chi connectivity index (χ4v) is 3.05. The van der Waals surface area contributed by atoms with Crippen LogP contribution in [0.5, 0.6) is 0 Å². The Hall–Kier alpha value is -2.41. The van der Waals surface area contributed by atoms with Crippen molar-refractivity contribution in [2.24, 2.45) is 0 Å². The summed E-state index contributed by atoms with van der Waals surface area (Å²) in [5.74, 6) is 0.502. The first-order valence-electron chi connectivity index (χ1n) is 8.41. The smallest absolute Gasteiger partial charge is 0.320 e. The van der Waals surface area contributed by atoms with Crippen LogP contribution in [0, 0.1) is 0 Å². The third kappa shape index (κ3) is 3.82. The Morgan fingerprint density at radius 3 is 2.88 bits per heavy atom. The second-order valence-corrected chi connectivity index (χ2v) is 7.37. The molecule has 0 aliphatic carbocycles. The minimum atomic E-state index is -0.495. The molecule has 7 nitrogen and oxygen atoms in total. The van der Waals surface area contributed by atoms with E-state index in [4.69, 9.17) is 4.74 Å². The minimum absolute atomic E-state index is 0.0714. The molecule has 1 N–H and O–H groups in total. The first-order valence-corrected chi connectivity index (χ1v) is 8.41. The number of nitrogens with zero attached hydrogens (tertiary/aromatic N) is 3. The van der Waals surface area contributed by atoms with Gasteiger partial charge in [-0.15, -0.1) is 0 Å². The molecular formula is C18H24N4O3. The Morgan fingerprint density at radius 2 is 2.16 bits per heavy atom. The maximum atomic E-state index is 12.2. The zero-order valence-electron chi connectivity index (χ0n) is 15.1. The number of benzene rings is 1. The molecule has 0 saturated heterocycles. The second-order valence-electron chi connectivity index (χ2n) is 7.37. The van der Waals surface area contributed by atoms with Crippen molar-refractivity contribution in [2.75, 3.05) is 20.1 Å². The zero-order chi connectivity index (χ0) is 18.2. The Balaban J connectivity index is 1.82. The van der Waals surface area contributed by atoms with Crippen LogP contribution in [0.1, 0.15) is 37.0 Å². The average Bonchev–Trinajstić information content (AvgIpc) is 2.71. The quantitative estimate of drug-likeness (QED) is 0.852. The van der Waals surface area contributed by atoms with Crippen molar-refractivity contribution in [2.45, 2.75) is 39.5 Å². The van der Waals surface area contributed by atoms with E-state index < -0.39 is 5.60 Å². The summed E-state index contributed by atoms with van der Waals surface area (Å²) in [6.45, 7) is 7.46. The molecule has 134 valence electrons. The molecule has 0 unspecified atom stereocenters. The van der Waals surface area contributed by atoms with Crippen molar-refractivity contribution in [3.63, 3.8) is 0 Å². The molecule has 1 aromatic heterocycles. The summed E-state index contributed by atoms with van der Waals surface area (Å²) in [6.07, 6.45) is 0. The van der Waals surface area contributed by atoms with Crippen LogP contribution in [-0.4, -0.2) is 52.1 Å². The lowest BCUT2D eigenvalue weighted by atomic mass is 10.2. The number of rotatable bonds is 4. The number of carbonyl (C=O) groups is 2. The number of para-hydroxylation sites is 1. The summed E-state index contributed by atoms with van der Waals surface area (Å²) >= 11 is 0. The molecule has 2 aromatic rings. The SMILES string of the molecule is CN(CC(=O)OC(C)(C)C)Cc1nc2cccc3c2n1CCNC3=O. The van der Waals surface area contributed by atoms with E-state index in [1.54, 1.807) is 0 Å². The third-order valence-corrected chi connectivity index (χ3v) is 3.94. The lowest BCUT2D eigenvalue weighted by molar-refractivity contribution is -0.155. The van der Waals surface area contributed by atoms with Crippen LogP contribution in [0.2, 0.25) is 0 Å². The first-order chi connectivity index (χ1) is 11.7. The molecule has 1 aromatic carbocycles. The molecule has 1 aliphatic heterocycles. The molecule has 0 bridgehead atoms. The van der Waals surface area contributed by atoms with Crippen molar-refractivity contribution < 1.29 is 14.3 Å². The number of ether oxygens (including phenoxy) is 1. The molecule has 2 heterocycles. The Labute approximate surface area is 147 Å². The van der Waals surface area contributed by atoms with E-state index in [2.05, 4.69) is 14.9 Å². The van der Waals surface area contributed by atoms with Crippen LogP contribution < -0.4 is 5.32 Å². The van der Waals surface area contributed by atoms with Gasteiger partial charge in [-0.05, 0) is 40.0 Å². The molecular weight excluding hydrogens is 320 g/mol. The van der Waals surface area contributed by atoms with Gasteiger partial charge in [0.2, 0.25) is 0 Å². The Morgan fingerprint density at radius 1 is 1.40 bits per heavy atom. The lowest BCUT2D eigenvalue weighted by Gasteiger charge is -2.22. The number of carbonyl (C=O) groups excluding carboxylic acids is 2. The van der Waals surface area contributed by atoms with Gasteiger partial charge < -0.3 is 14.6 Å². The molecule has 0 radical (unpaired) electrons. The van der Waals surface area contributed by atoms with E-state index in [1.165, 1.54) is 0 Å². The molecule has 7 heteroatoms. The fourth-order valence-electron chi connectivity index (χ4n) is 3.05. The van der Waals surface area contributed by atoms with Crippen molar-refractivity contribution in [1.29, 1.82) is 0 Å². The molecule has 0 atom stereocenters. The zero-order valence-corrected chi connectivity index (χ0v) is 15.1. The second kappa shape index (κ2) is 6.48. The van der Waals surface area contributed by atoms with Crippen molar-refractivity contribution in [3.8, 4) is 0 Å². The number of hydrogen-bond acceptors (Lipinski definition) is 5. The molecule has 0 fully saturated rings. The highest BCUT2D eigenvalue weighted by Gasteiger charge is 2.23. The summed E-state index contributed by atoms with van der Waals surface area (Å²) in [7, 11) is 1.86. The van der Waals surface area contributed by atoms with E-state index in [0.717, 1.165) is 16.9 Å². The largest absolute Gasteiger partial charge is 0.459 e. The predicted octanol–water partition coefficient (Wildman–Crippen LogP) is 1.55. The van der Waals surface area contributed by atoms with Gasteiger partial charge in [0.05, 0.1) is 29.7 Å². The van der Waals surface area contributed by atoms with Crippen LogP contribution in [0.3, 0.4) is 0 Å². The molecule has 0 spiro atoms. The monoisotopic (exact) mass is 344 g/mol. The normalized spacial score (nSPS) is 14.5. The van der Waals surface area contributed by atoms with E-state index in [9.17, 15) is 9.59 Å².